The van der Waals surface area contributed by atoms with Crippen molar-refractivity contribution in [3.05, 3.63) is 29.8 Å². The zero-order valence-corrected chi connectivity index (χ0v) is 8.73. The van der Waals surface area contributed by atoms with E-state index in [1.54, 1.807) is 7.11 Å². The highest BCUT2D eigenvalue weighted by Gasteiger charge is 2.13. The van der Waals surface area contributed by atoms with E-state index in [1.165, 1.54) is 5.56 Å². The van der Waals surface area contributed by atoms with Gasteiger partial charge in [0.25, 0.3) is 0 Å². The predicted octanol–water partition coefficient (Wildman–Crippen LogP) is 1.08. The lowest BCUT2D eigenvalue weighted by molar-refractivity contribution is 0.414. The van der Waals surface area contributed by atoms with Crippen LogP contribution in [0.2, 0.25) is 0 Å². The molecule has 0 amide bonds. The van der Waals surface area contributed by atoms with Gasteiger partial charge in [-0.15, -0.1) is 0 Å². The molecule has 0 heterocycles. The zero-order chi connectivity index (χ0) is 10.6. The third-order valence-corrected chi connectivity index (χ3v) is 2.43. The monoisotopic (exact) mass is 194 g/mol. The van der Waals surface area contributed by atoms with Crippen molar-refractivity contribution in [1.82, 2.24) is 0 Å². The Morgan fingerprint density at radius 3 is 2.21 bits per heavy atom. The molecule has 3 heteroatoms. The first-order valence-electron chi connectivity index (χ1n) is 4.78. The maximum atomic E-state index is 5.84. The summed E-state index contributed by atoms with van der Waals surface area (Å²) in [6.07, 6.45) is 0. The molecular weight excluding hydrogens is 176 g/mol. The molecule has 0 aliphatic rings. The van der Waals surface area contributed by atoms with Crippen LogP contribution in [-0.4, -0.2) is 19.7 Å². The van der Waals surface area contributed by atoms with Crippen molar-refractivity contribution in [2.45, 2.75) is 18.9 Å². The van der Waals surface area contributed by atoms with E-state index >= 15 is 0 Å². The molecule has 0 bridgehead atoms. The molecule has 0 aliphatic carbocycles. The maximum absolute atomic E-state index is 5.84. The fourth-order valence-electron chi connectivity index (χ4n) is 1.51. The molecule has 2 atom stereocenters. The third-order valence-electron chi connectivity index (χ3n) is 2.43. The van der Waals surface area contributed by atoms with Gasteiger partial charge in [-0.05, 0) is 24.6 Å². The molecule has 0 fully saturated rings. The Morgan fingerprint density at radius 2 is 1.86 bits per heavy atom. The van der Waals surface area contributed by atoms with Crippen LogP contribution in [0.4, 0.5) is 0 Å². The predicted molar refractivity (Wildman–Crippen MR) is 58.4 cm³/mol. The summed E-state index contributed by atoms with van der Waals surface area (Å²) in [7, 11) is 1.65. The summed E-state index contributed by atoms with van der Waals surface area (Å²) in [4.78, 5) is 0. The first kappa shape index (κ1) is 11.0. The molecule has 0 saturated carbocycles. The first-order chi connectivity index (χ1) is 6.69. The van der Waals surface area contributed by atoms with Crippen molar-refractivity contribution in [3.63, 3.8) is 0 Å². The second kappa shape index (κ2) is 4.98. The second-order valence-corrected chi connectivity index (χ2v) is 3.47. The molecule has 3 nitrogen and oxygen atoms in total. The Kier molecular flexibility index (Phi) is 3.92. The summed E-state index contributed by atoms with van der Waals surface area (Å²) < 4.78 is 5.08. The van der Waals surface area contributed by atoms with Crippen molar-refractivity contribution < 1.29 is 4.74 Å². The summed E-state index contributed by atoms with van der Waals surface area (Å²) in [5.74, 6) is 1.08. The van der Waals surface area contributed by atoms with E-state index in [9.17, 15) is 0 Å². The number of hydrogen-bond donors (Lipinski definition) is 2. The van der Waals surface area contributed by atoms with E-state index in [4.69, 9.17) is 16.2 Å². The van der Waals surface area contributed by atoms with E-state index in [-0.39, 0.29) is 12.0 Å². The average Bonchev–Trinajstić information content (AvgIpc) is 2.19. The van der Waals surface area contributed by atoms with Crippen LogP contribution in [0.1, 0.15) is 18.4 Å². The quantitative estimate of drug-likeness (QED) is 0.754. The Labute approximate surface area is 85.0 Å². The van der Waals surface area contributed by atoms with E-state index in [1.807, 2.05) is 31.2 Å². The summed E-state index contributed by atoms with van der Waals surface area (Å²) in [6, 6.07) is 7.97. The highest BCUT2D eigenvalue weighted by atomic mass is 16.5. The topological polar surface area (TPSA) is 61.3 Å². The van der Waals surface area contributed by atoms with Crippen LogP contribution >= 0.6 is 0 Å². The lowest BCUT2D eigenvalue weighted by Crippen LogP contribution is -2.30. The van der Waals surface area contributed by atoms with Gasteiger partial charge in [0, 0.05) is 18.5 Å². The molecule has 1 aromatic rings. The third kappa shape index (κ3) is 2.47. The van der Waals surface area contributed by atoms with E-state index in [0.717, 1.165) is 5.75 Å². The van der Waals surface area contributed by atoms with Crippen LogP contribution in [0.25, 0.3) is 0 Å². The van der Waals surface area contributed by atoms with Gasteiger partial charge in [0.2, 0.25) is 0 Å². The number of ether oxygens (including phenoxy) is 1. The molecule has 0 aromatic heterocycles. The van der Waals surface area contributed by atoms with E-state index in [2.05, 4.69) is 0 Å². The number of nitrogens with two attached hydrogens (primary N) is 2. The van der Waals surface area contributed by atoms with Crippen LogP contribution in [0.15, 0.2) is 24.3 Å². The minimum absolute atomic E-state index is 0.0772. The molecular formula is C11H18N2O. The number of benzene rings is 1. The standard InChI is InChI=1S/C11H18N2O/c1-8(13)11(7-12)9-3-5-10(14-2)6-4-9/h3-6,8,11H,7,12-13H2,1-2H3. The summed E-state index contributed by atoms with van der Waals surface area (Å²) in [6.45, 7) is 2.55. The molecule has 0 radical (unpaired) electrons. The normalized spacial score (nSPS) is 14.9. The summed E-state index contributed by atoms with van der Waals surface area (Å²) in [5.41, 5.74) is 12.7. The summed E-state index contributed by atoms with van der Waals surface area (Å²) in [5, 5.41) is 0. The van der Waals surface area contributed by atoms with Crippen molar-refractivity contribution >= 4 is 0 Å². The first-order valence-corrected chi connectivity index (χ1v) is 4.78. The summed E-state index contributed by atoms with van der Waals surface area (Å²) >= 11 is 0. The fourth-order valence-corrected chi connectivity index (χ4v) is 1.51. The van der Waals surface area contributed by atoms with E-state index < -0.39 is 0 Å². The number of rotatable bonds is 4. The lowest BCUT2D eigenvalue weighted by atomic mass is 9.93. The van der Waals surface area contributed by atoms with Crippen LogP contribution in [0.5, 0.6) is 5.75 Å². The van der Waals surface area contributed by atoms with Gasteiger partial charge in [-0.25, -0.2) is 0 Å². The van der Waals surface area contributed by atoms with Gasteiger partial charge in [0.1, 0.15) is 5.75 Å². The molecule has 78 valence electrons. The van der Waals surface area contributed by atoms with Crippen LogP contribution in [0.3, 0.4) is 0 Å². The molecule has 14 heavy (non-hydrogen) atoms. The molecule has 2 unspecified atom stereocenters. The Balaban J connectivity index is 2.84. The van der Waals surface area contributed by atoms with Gasteiger partial charge in [-0.2, -0.15) is 0 Å². The molecule has 0 aliphatic heterocycles. The SMILES string of the molecule is COc1ccc(C(CN)C(C)N)cc1. The highest BCUT2D eigenvalue weighted by molar-refractivity contribution is 5.30. The Bertz CT molecular complexity index is 269. The van der Waals surface area contributed by atoms with Crippen molar-refractivity contribution in [1.29, 1.82) is 0 Å². The van der Waals surface area contributed by atoms with E-state index in [0.29, 0.717) is 6.54 Å². The molecule has 0 spiro atoms. The van der Waals surface area contributed by atoms with Crippen molar-refractivity contribution in [2.75, 3.05) is 13.7 Å². The minimum Gasteiger partial charge on any atom is -0.497 e. The largest absolute Gasteiger partial charge is 0.497 e. The minimum atomic E-state index is 0.0772. The van der Waals surface area contributed by atoms with Crippen molar-refractivity contribution in [3.8, 4) is 5.75 Å². The lowest BCUT2D eigenvalue weighted by Gasteiger charge is -2.19. The Hall–Kier alpha value is -1.06. The maximum Gasteiger partial charge on any atom is 0.118 e. The van der Waals surface area contributed by atoms with Gasteiger partial charge in [-0.3, -0.25) is 0 Å². The number of hydrogen-bond acceptors (Lipinski definition) is 3. The Morgan fingerprint density at radius 1 is 1.29 bits per heavy atom. The number of methoxy groups -OCH3 is 1. The highest BCUT2D eigenvalue weighted by Crippen LogP contribution is 2.20. The molecule has 1 rings (SSSR count). The smallest absolute Gasteiger partial charge is 0.118 e. The van der Waals surface area contributed by atoms with Crippen LogP contribution in [0, 0.1) is 0 Å². The van der Waals surface area contributed by atoms with Crippen LogP contribution in [-0.2, 0) is 0 Å². The zero-order valence-electron chi connectivity index (χ0n) is 8.73. The molecule has 1 aromatic carbocycles. The van der Waals surface area contributed by atoms with Crippen LogP contribution < -0.4 is 16.2 Å². The van der Waals surface area contributed by atoms with Gasteiger partial charge in [0.15, 0.2) is 0 Å². The second-order valence-electron chi connectivity index (χ2n) is 3.47. The van der Waals surface area contributed by atoms with Gasteiger partial charge >= 0.3 is 0 Å². The fraction of sp³-hybridized carbons (Fsp3) is 0.455. The molecule has 4 N–H and O–H groups in total. The van der Waals surface area contributed by atoms with Gasteiger partial charge in [-0.1, -0.05) is 12.1 Å². The van der Waals surface area contributed by atoms with Gasteiger partial charge < -0.3 is 16.2 Å². The molecule has 0 saturated heterocycles. The van der Waals surface area contributed by atoms with Gasteiger partial charge in [0.05, 0.1) is 7.11 Å². The average molecular weight is 194 g/mol. The van der Waals surface area contributed by atoms with Crippen molar-refractivity contribution in [2.24, 2.45) is 11.5 Å².